The highest BCUT2D eigenvalue weighted by Crippen LogP contribution is 2.24. The lowest BCUT2D eigenvalue weighted by atomic mass is 10.1. The number of pyridine rings is 1. The Morgan fingerprint density at radius 2 is 1.62 bits per heavy atom. The third-order valence-corrected chi connectivity index (χ3v) is 3.48. The molecule has 21 heavy (non-hydrogen) atoms. The monoisotopic (exact) mass is 273 g/mol. The molecule has 0 fully saturated rings. The van der Waals surface area contributed by atoms with Gasteiger partial charge < -0.3 is 4.98 Å². The van der Waals surface area contributed by atoms with E-state index in [-0.39, 0.29) is 5.69 Å². The van der Waals surface area contributed by atoms with Crippen molar-refractivity contribution in [2.24, 2.45) is 0 Å². The number of aromatic amines is 1. The molecule has 4 heteroatoms. The van der Waals surface area contributed by atoms with E-state index < -0.39 is 0 Å². The number of para-hydroxylation sites is 2. The molecule has 2 aromatic carbocycles. The average Bonchev–Trinajstić information content (AvgIpc) is 2.53. The first-order valence-electron chi connectivity index (χ1n) is 6.66. The quantitative estimate of drug-likeness (QED) is 0.579. The molecule has 4 aromatic rings. The number of hydrogen-bond acceptors (Lipinski definition) is 3. The minimum atomic E-state index is -0.362. The topological polar surface area (TPSA) is 58.6 Å². The van der Waals surface area contributed by atoms with E-state index in [1.165, 1.54) is 0 Å². The van der Waals surface area contributed by atoms with Crippen LogP contribution in [0.2, 0.25) is 0 Å². The summed E-state index contributed by atoms with van der Waals surface area (Å²) in [4.78, 5) is 23.2. The SMILES string of the molecule is O=c1nc(-c2ccc3ccccc3n2)c2ccccc2[nH]1. The summed E-state index contributed by atoms with van der Waals surface area (Å²) >= 11 is 0. The summed E-state index contributed by atoms with van der Waals surface area (Å²) in [6.07, 6.45) is 0. The summed E-state index contributed by atoms with van der Waals surface area (Å²) in [5.41, 5.74) is 2.61. The molecule has 0 saturated heterocycles. The fourth-order valence-corrected chi connectivity index (χ4v) is 2.50. The van der Waals surface area contributed by atoms with Gasteiger partial charge in [0.05, 0.1) is 16.7 Å². The highest BCUT2D eigenvalue weighted by atomic mass is 16.1. The molecule has 0 aliphatic rings. The van der Waals surface area contributed by atoms with Gasteiger partial charge in [-0.2, -0.15) is 4.98 Å². The third-order valence-electron chi connectivity index (χ3n) is 3.48. The molecule has 0 saturated carbocycles. The van der Waals surface area contributed by atoms with Crippen LogP contribution in [0, 0.1) is 0 Å². The molecule has 1 N–H and O–H groups in total. The first kappa shape index (κ1) is 11.8. The molecule has 0 aliphatic heterocycles. The number of hydrogen-bond donors (Lipinski definition) is 1. The van der Waals surface area contributed by atoms with Gasteiger partial charge in [-0.15, -0.1) is 0 Å². The van der Waals surface area contributed by atoms with Crippen molar-refractivity contribution in [2.75, 3.05) is 0 Å². The van der Waals surface area contributed by atoms with E-state index in [1.54, 1.807) is 0 Å². The summed E-state index contributed by atoms with van der Waals surface area (Å²) < 4.78 is 0. The Kier molecular flexibility index (Phi) is 2.54. The Morgan fingerprint density at radius 3 is 2.57 bits per heavy atom. The number of nitrogens with one attached hydrogen (secondary N) is 1. The Morgan fingerprint density at radius 1 is 0.810 bits per heavy atom. The maximum Gasteiger partial charge on any atom is 0.346 e. The number of nitrogens with zero attached hydrogens (tertiary/aromatic N) is 2. The van der Waals surface area contributed by atoms with Crippen LogP contribution in [0.4, 0.5) is 0 Å². The van der Waals surface area contributed by atoms with Crippen LogP contribution in [0.5, 0.6) is 0 Å². The Balaban J connectivity index is 2.06. The molecule has 0 bridgehead atoms. The van der Waals surface area contributed by atoms with Crippen molar-refractivity contribution in [3.63, 3.8) is 0 Å². The molecule has 4 rings (SSSR count). The molecule has 4 nitrogen and oxygen atoms in total. The van der Waals surface area contributed by atoms with Gasteiger partial charge in [-0.25, -0.2) is 9.78 Å². The van der Waals surface area contributed by atoms with Crippen LogP contribution in [0.25, 0.3) is 33.2 Å². The zero-order valence-electron chi connectivity index (χ0n) is 11.1. The Bertz CT molecular complexity index is 1020. The fraction of sp³-hybridized carbons (Fsp3) is 0. The number of rotatable bonds is 1. The van der Waals surface area contributed by atoms with Crippen molar-refractivity contribution in [1.29, 1.82) is 0 Å². The van der Waals surface area contributed by atoms with Crippen LogP contribution >= 0.6 is 0 Å². The number of H-pyrrole nitrogens is 1. The van der Waals surface area contributed by atoms with Crippen LogP contribution in [-0.2, 0) is 0 Å². The van der Waals surface area contributed by atoms with Crippen LogP contribution < -0.4 is 5.69 Å². The van der Waals surface area contributed by atoms with Crippen molar-refractivity contribution < 1.29 is 0 Å². The fourth-order valence-electron chi connectivity index (χ4n) is 2.50. The summed E-state index contributed by atoms with van der Waals surface area (Å²) in [6.45, 7) is 0. The molecule has 0 radical (unpaired) electrons. The summed E-state index contributed by atoms with van der Waals surface area (Å²) in [7, 11) is 0. The van der Waals surface area contributed by atoms with Crippen molar-refractivity contribution in [3.8, 4) is 11.4 Å². The van der Waals surface area contributed by atoms with Gasteiger partial charge in [-0.05, 0) is 18.2 Å². The molecular formula is C17H11N3O. The van der Waals surface area contributed by atoms with Crippen LogP contribution in [-0.4, -0.2) is 15.0 Å². The lowest BCUT2D eigenvalue weighted by molar-refractivity contribution is 1.12. The van der Waals surface area contributed by atoms with Crippen molar-refractivity contribution in [3.05, 3.63) is 71.1 Å². The second-order valence-electron chi connectivity index (χ2n) is 4.83. The predicted octanol–water partition coefficient (Wildman–Crippen LogP) is 3.14. The van der Waals surface area contributed by atoms with Gasteiger partial charge in [0.1, 0.15) is 5.69 Å². The average molecular weight is 273 g/mol. The van der Waals surface area contributed by atoms with E-state index in [0.29, 0.717) is 11.4 Å². The van der Waals surface area contributed by atoms with Gasteiger partial charge in [0.2, 0.25) is 0 Å². The molecule has 0 unspecified atom stereocenters. The molecule has 0 atom stereocenters. The van der Waals surface area contributed by atoms with Gasteiger partial charge >= 0.3 is 5.69 Å². The lowest BCUT2D eigenvalue weighted by Gasteiger charge is -2.05. The summed E-state index contributed by atoms with van der Waals surface area (Å²) in [5.74, 6) is 0. The van der Waals surface area contributed by atoms with Gasteiger partial charge in [0, 0.05) is 10.8 Å². The highest BCUT2D eigenvalue weighted by molar-refractivity contribution is 5.92. The largest absolute Gasteiger partial charge is 0.346 e. The van der Waals surface area contributed by atoms with Crippen LogP contribution in [0.1, 0.15) is 0 Å². The standard InChI is InChI=1S/C17H11N3O/c21-17-19-14-8-4-2-6-12(14)16(20-17)15-10-9-11-5-1-3-7-13(11)18-15/h1-10H,(H,19,20,21). The van der Waals surface area contributed by atoms with Crippen molar-refractivity contribution >= 4 is 21.8 Å². The van der Waals surface area contributed by atoms with Crippen molar-refractivity contribution in [1.82, 2.24) is 15.0 Å². The number of benzene rings is 2. The van der Waals surface area contributed by atoms with Crippen LogP contribution in [0.15, 0.2) is 65.5 Å². The van der Waals surface area contributed by atoms with E-state index in [2.05, 4.69) is 15.0 Å². The molecule has 2 heterocycles. The Hall–Kier alpha value is -3.01. The normalized spacial score (nSPS) is 11.0. The molecule has 0 aliphatic carbocycles. The number of aromatic nitrogens is 3. The molecule has 100 valence electrons. The smallest absolute Gasteiger partial charge is 0.305 e. The van der Waals surface area contributed by atoms with E-state index in [4.69, 9.17) is 0 Å². The first-order chi connectivity index (χ1) is 10.3. The predicted molar refractivity (Wildman–Crippen MR) is 83.1 cm³/mol. The van der Waals surface area contributed by atoms with Gasteiger partial charge in [-0.1, -0.05) is 42.5 Å². The van der Waals surface area contributed by atoms with Crippen molar-refractivity contribution in [2.45, 2.75) is 0 Å². The zero-order valence-corrected chi connectivity index (χ0v) is 11.1. The van der Waals surface area contributed by atoms with Gasteiger partial charge in [0.15, 0.2) is 0 Å². The highest BCUT2D eigenvalue weighted by Gasteiger charge is 2.09. The van der Waals surface area contributed by atoms with E-state index in [1.807, 2.05) is 60.7 Å². The minimum Gasteiger partial charge on any atom is -0.305 e. The first-order valence-corrected chi connectivity index (χ1v) is 6.66. The van der Waals surface area contributed by atoms with E-state index in [9.17, 15) is 4.79 Å². The minimum absolute atomic E-state index is 0.362. The summed E-state index contributed by atoms with van der Waals surface area (Å²) in [6, 6.07) is 19.4. The maximum absolute atomic E-state index is 11.7. The zero-order chi connectivity index (χ0) is 14.2. The van der Waals surface area contributed by atoms with Gasteiger partial charge in [-0.3, -0.25) is 0 Å². The number of fused-ring (bicyclic) bond motifs is 2. The van der Waals surface area contributed by atoms with Gasteiger partial charge in [0.25, 0.3) is 0 Å². The third kappa shape index (κ3) is 1.97. The molecule has 2 aromatic heterocycles. The van der Waals surface area contributed by atoms with Crippen LogP contribution in [0.3, 0.4) is 0 Å². The summed E-state index contributed by atoms with van der Waals surface area (Å²) in [5, 5.41) is 1.95. The second kappa shape index (κ2) is 4.52. The lowest BCUT2D eigenvalue weighted by Crippen LogP contribution is -2.11. The Labute approximate surface area is 120 Å². The van der Waals surface area contributed by atoms with E-state index >= 15 is 0 Å². The van der Waals surface area contributed by atoms with E-state index in [0.717, 1.165) is 21.8 Å². The molecular weight excluding hydrogens is 262 g/mol. The maximum atomic E-state index is 11.7. The molecule has 0 spiro atoms. The molecule has 0 amide bonds. The second-order valence-corrected chi connectivity index (χ2v) is 4.83.